The second-order valence-electron chi connectivity index (χ2n) is 3.47. The molecule has 1 heterocycles. The van der Waals surface area contributed by atoms with E-state index in [4.69, 9.17) is 5.84 Å². The molecule has 17 heavy (non-hydrogen) atoms. The first-order chi connectivity index (χ1) is 8.20. The van der Waals surface area contributed by atoms with Gasteiger partial charge >= 0.3 is 0 Å². The van der Waals surface area contributed by atoms with Crippen LogP contribution >= 0.6 is 15.9 Å². The van der Waals surface area contributed by atoms with Gasteiger partial charge in [-0.1, -0.05) is 12.1 Å². The van der Waals surface area contributed by atoms with Gasteiger partial charge in [-0.3, -0.25) is 5.43 Å². The maximum Gasteiger partial charge on any atom is 0.239 e. The first-order valence-corrected chi connectivity index (χ1v) is 5.82. The van der Waals surface area contributed by atoms with E-state index in [0.29, 0.717) is 11.8 Å². The summed E-state index contributed by atoms with van der Waals surface area (Å²) in [5, 5.41) is 3.19. The van der Waals surface area contributed by atoms with E-state index in [1.165, 1.54) is 0 Å². The molecule has 2 rings (SSSR count). The van der Waals surface area contributed by atoms with Gasteiger partial charge in [0.2, 0.25) is 5.95 Å². The van der Waals surface area contributed by atoms with Crippen LogP contribution in [0.15, 0.2) is 34.9 Å². The molecule has 0 bridgehead atoms. The maximum absolute atomic E-state index is 5.25. The minimum Gasteiger partial charge on any atom is -0.339 e. The molecule has 0 amide bonds. The summed E-state index contributed by atoms with van der Waals surface area (Å²) in [7, 11) is 0. The smallest absolute Gasteiger partial charge is 0.239 e. The summed E-state index contributed by atoms with van der Waals surface area (Å²) in [4.78, 5) is 8.12. The number of hydrogen-bond donors (Lipinski definition) is 3. The Kier molecular flexibility index (Phi) is 3.55. The van der Waals surface area contributed by atoms with E-state index in [1.54, 1.807) is 12.3 Å². The zero-order valence-corrected chi connectivity index (χ0v) is 10.8. The fourth-order valence-corrected chi connectivity index (χ4v) is 1.74. The van der Waals surface area contributed by atoms with Gasteiger partial charge in [-0.2, -0.15) is 4.98 Å². The van der Waals surface area contributed by atoms with E-state index in [2.05, 4.69) is 36.6 Å². The highest BCUT2D eigenvalue weighted by molar-refractivity contribution is 9.10. The van der Waals surface area contributed by atoms with Gasteiger partial charge in [0, 0.05) is 10.7 Å². The molecule has 4 N–H and O–H groups in total. The van der Waals surface area contributed by atoms with Gasteiger partial charge in [-0.25, -0.2) is 10.8 Å². The maximum atomic E-state index is 5.25. The summed E-state index contributed by atoms with van der Waals surface area (Å²) in [6, 6.07) is 7.75. The molecule has 1 aromatic carbocycles. The number of nitrogens with two attached hydrogens (primary N) is 1. The van der Waals surface area contributed by atoms with Crippen LogP contribution in [0.25, 0.3) is 0 Å². The van der Waals surface area contributed by atoms with Crippen LogP contribution in [-0.4, -0.2) is 9.97 Å². The Balaban J connectivity index is 2.28. The Hall–Kier alpha value is -1.66. The van der Waals surface area contributed by atoms with E-state index in [1.807, 2.05) is 25.1 Å². The van der Waals surface area contributed by atoms with Gasteiger partial charge in [0.25, 0.3) is 0 Å². The third kappa shape index (κ3) is 2.72. The second kappa shape index (κ2) is 5.11. The van der Waals surface area contributed by atoms with Crippen molar-refractivity contribution in [1.29, 1.82) is 0 Å². The predicted octanol–water partition coefficient (Wildman–Crippen LogP) is 2.58. The lowest BCUT2D eigenvalue weighted by atomic mass is 10.2. The van der Waals surface area contributed by atoms with Crippen LogP contribution in [0, 0.1) is 6.92 Å². The number of nitrogen functional groups attached to an aromatic ring is 1. The summed E-state index contributed by atoms with van der Waals surface area (Å²) in [5.41, 5.74) is 4.51. The quantitative estimate of drug-likeness (QED) is 0.599. The Bertz CT molecular complexity index is 529. The molecule has 0 saturated heterocycles. The van der Waals surface area contributed by atoms with Gasteiger partial charge in [0.15, 0.2) is 0 Å². The average molecular weight is 294 g/mol. The summed E-state index contributed by atoms with van der Waals surface area (Å²) in [6.45, 7) is 2.03. The van der Waals surface area contributed by atoms with E-state index in [-0.39, 0.29) is 0 Å². The van der Waals surface area contributed by atoms with Crippen LogP contribution in [0.3, 0.4) is 0 Å². The fraction of sp³-hybridized carbons (Fsp3) is 0.0909. The van der Waals surface area contributed by atoms with Crippen LogP contribution in [0.1, 0.15) is 5.56 Å². The third-order valence-electron chi connectivity index (χ3n) is 2.24. The molecule has 0 radical (unpaired) electrons. The third-order valence-corrected chi connectivity index (χ3v) is 3.29. The Morgan fingerprint density at radius 3 is 2.88 bits per heavy atom. The zero-order chi connectivity index (χ0) is 12.3. The number of nitrogens with zero attached hydrogens (tertiary/aromatic N) is 2. The van der Waals surface area contributed by atoms with Crippen molar-refractivity contribution in [3.8, 4) is 0 Å². The number of rotatable bonds is 3. The normalized spacial score (nSPS) is 10.1. The van der Waals surface area contributed by atoms with E-state index in [0.717, 1.165) is 15.7 Å². The van der Waals surface area contributed by atoms with Gasteiger partial charge in [0.1, 0.15) is 5.82 Å². The highest BCUT2D eigenvalue weighted by Crippen LogP contribution is 2.27. The van der Waals surface area contributed by atoms with Crippen molar-refractivity contribution in [3.63, 3.8) is 0 Å². The molecule has 0 unspecified atom stereocenters. The fourth-order valence-electron chi connectivity index (χ4n) is 1.38. The van der Waals surface area contributed by atoms with Gasteiger partial charge in [-0.15, -0.1) is 0 Å². The van der Waals surface area contributed by atoms with E-state index >= 15 is 0 Å². The SMILES string of the molecule is Cc1cccc(Nc2ccnc(NN)n2)c1Br. The Labute approximate surface area is 108 Å². The largest absolute Gasteiger partial charge is 0.339 e. The Morgan fingerprint density at radius 1 is 1.29 bits per heavy atom. The van der Waals surface area contributed by atoms with E-state index in [9.17, 15) is 0 Å². The first-order valence-electron chi connectivity index (χ1n) is 5.02. The van der Waals surface area contributed by atoms with Crippen molar-refractivity contribution in [1.82, 2.24) is 9.97 Å². The number of aryl methyl sites for hydroxylation is 1. The number of hydrogen-bond acceptors (Lipinski definition) is 5. The average Bonchev–Trinajstić information content (AvgIpc) is 2.35. The lowest BCUT2D eigenvalue weighted by molar-refractivity contribution is 1.12. The number of nitrogens with one attached hydrogen (secondary N) is 2. The lowest BCUT2D eigenvalue weighted by Crippen LogP contribution is -2.10. The molecule has 0 fully saturated rings. The van der Waals surface area contributed by atoms with Crippen molar-refractivity contribution in [2.75, 3.05) is 10.7 Å². The molecular weight excluding hydrogens is 282 g/mol. The van der Waals surface area contributed by atoms with E-state index < -0.39 is 0 Å². The number of benzene rings is 1. The topological polar surface area (TPSA) is 75.9 Å². The Morgan fingerprint density at radius 2 is 2.12 bits per heavy atom. The summed E-state index contributed by atoms with van der Waals surface area (Å²) < 4.78 is 1.01. The zero-order valence-electron chi connectivity index (χ0n) is 9.24. The van der Waals surface area contributed by atoms with Crippen molar-refractivity contribution < 1.29 is 0 Å². The molecule has 1 aromatic heterocycles. The standard InChI is InChI=1S/C11H12BrN5/c1-7-3-2-4-8(10(7)12)15-9-5-6-14-11(16-9)17-13/h2-6H,13H2,1H3,(H2,14,15,16,17). The monoisotopic (exact) mass is 293 g/mol. The van der Waals surface area contributed by atoms with Crippen LogP contribution in [0.5, 0.6) is 0 Å². The van der Waals surface area contributed by atoms with Gasteiger partial charge in [-0.05, 0) is 40.5 Å². The minimum atomic E-state index is 0.374. The summed E-state index contributed by atoms with van der Waals surface area (Å²) >= 11 is 3.53. The minimum absolute atomic E-state index is 0.374. The summed E-state index contributed by atoms with van der Waals surface area (Å²) in [6.07, 6.45) is 1.63. The number of halogens is 1. The molecule has 6 heteroatoms. The van der Waals surface area contributed by atoms with Gasteiger partial charge in [0.05, 0.1) is 5.69 Å². The van der Waals surface area contributed by atoms with Crippen LogP contribution < -0.4 is 16.6 Å². The van der Waals surface area contributed by atoms with Crippen LogP contribution in [0.4, 0.5) is 17.5 Å². The van der Waals surface area contributed by atoms with Crippen molar-refractivity contribution >= 4 is 33.4 Å². The van der Waals surface area contributed by atoms with Crippen molar-refractivity contribution in [2.24, 2.45) is 5.84 Å². The molecule has 2 aromatic rings. The van der Waals surface area contributed by atoms with Gasteiger partial charge < -0.3 is 5.32 Å². The van der Waals surface area contributed by atoms with Crippen LogP contribution in [-0.2, 0) is 0 Å². The van der Waals surface area contributed by atoms with Crippen molar-refractivity contribution in [3.05, 3.63) is 40.5 Å². The number of aromatic nitrogens is 2. The molecule has 0 atom stereocenters. The molecule has 0 saturated carbocycles. The molecule has 5 nitrogen and oxygen atoms in total. The molecule has 0 aliphatic heterocycles. The predicted molar refractivity (Wildman–Crippen MR) is 72.0 cm³/mol. The molecular formula is C11H12BrN5. The molecule has 0 aliphatic carbocycles. The highest BCUT2D eigenvalue weighted by Gasteiger charge is 2.03. The molecule has 0 spiro atoms. The molecule has 88 valence electrons. The number of anilines is 3. The molecule has 0 aliphatic rings. The number of hydrazine groups is 1. The van der Waals surface area contributed by atoms with Crippen LogP contribution in [0.2, 0.25) is 0 Å². The van der Waals surface area contributed by atoms with Crippen molar-refractivity contribution in [2.45, 2.75) is 6.92 Å². The lowest BCUT2D eigenvalue weighted by Gasteiger charge is -2.09. The second-order valence-corrected chi connectivity index (χ2v) is 4.26. The summed E-state index contributed by atoms with van der Waals surface area (Å²) in [5.74, 6) is 6.31. The highest BCUT2D eigenvalue weighted by atomic mass is 79.9. The first kappa shape index (κ1) is 11.8.